The van der Waals surface area contributed by atoms with Crippen LogP contribution in [0.25, 0.3) is 0 Å². The molecule has 0 spiro atoms. The molecule has 1 aromatic carbocycles. The van der Waals surface area contributed by atoms with E-state index in [0.717, 1.165) is 30.5 Å². The van der Waals surface area contributed by atoms with Gasteiger partial charge in [-0.15, -0.1) is 0 Å². The van der Waals surface area contributed by atoms with Crippen molar-refractivity contribution in [3.8, 4) is 0 Å². The maximum Gasteiger partial charge on any atom is 0.490 e. The maximum absolute atomic E-state index is 10.6. The lowest BCUT2D eigenvalue weighted by Crippen LogP contribution is -2.35. The van der Waals surface area contributed by atoms with E-state index in [-0.39, 0.29) is 6.04 Å². The molecule has 1 aliphatic rings. The van der Waals surface area contributed by atoms with Gasteiger partial charge in [-0.2, -0.15) is 26.3 Å². The number of carbonyl (C=O) groups is 2. The van der Waals surface area contributed by atoms with Crippen LogP contribution >= 0.6 is 0 Å². The summed E-state index contributed by atoms with van der Waals surface area (Å²) in [5, 5.41) is 20.9. The predicted molar refractivity (Wildman–Crippen MR) is 101 cm³/mol. The van der Waals surface area contributed by atoms with Gasteiger partial charge >= 0.3 is 24.3 Å². The molecule has 9 nitrogen and oxygen atoms in total. The Labute approximate surface area is 182 Å². The molecule has 33 heavy (non-hydrogen) atoms. The molecule has 3 rings (SSSR count). The fourth-order valence-corrected chi connectivity index (χ4v) is 2.01. The number of halogens is 6. The van der Waals surface area contributed by atoms with E-state index in [1.165, 1.54) is 0 Å². The molecule has 1 fully saturated rings. The number of nitrogens with one attached hydrogen (secondary N) is 2. The van der Waals surface area contributed by atoms with Gasteiger partial charge in [-0.05, 0) is 18.2 Å². The van der Waals surface area contributed by atoms with Gasteiger partial charge in [0, 0.05) is 18.4 Å². The molecule has 2 aromatic rings. The Morgan fingerprint density at radius 2 is 1.55 bits per heavy atom. The summed E-state index contributed by atoms with van der Waals surface area (Å²) in [4.78, 5) is 26.6. The zero-order valence-corrected chi connectivity index (χ0v) is 16.5. The average Bonchev–Trinajstić information content (AvgIpc) is 2.75. The smallest absolute Gasteiger partial charge is 0.475 e. The average molecular weight is 484 g/mol. The Morgan fingerprint density at radius 3 is 2.00 bits per heavy atom. The number of benzene rings is 1. The molecule has 0 bridgehead atoms. The third-order valence-corrected chi connectivity index (χ3v) is 3.44. The standard InChI is InChI=1S/C14H16N4O.2C2HF3O2/c1-2-4-11(5-3-1)17-13-6-7-16-14(18-13)12-10-19-9-8-15-12;2*3-2(4,5)1(6)7/h1-7,12,15H,8-10H2,(H,16,17,18);2*(H,6,7). The number of aliphatic carboxylic acids is 2. The molecule has 1 aromatic heterocycles. The Bertz CT molecular complexity index is 866. The minimum atomic E-state index is -5.08. The fraction of sp³-hybridized carbons (Fsp3) is 0.333. The Hall–Kier alpha value is -3.46. The minimum absolute atomic E-state index is 0.0753. The van der Waals surface area contributed by atoms with E-state index in [9.17, 15) is 26.3 Å². The number of morpholine rings is 1. The molecular formula is C18H18F6N4O5. The lowest BCUT2D eigenvalue weighted by molar-refractivity contribution is -0.193. The number of hydrogen-bond donors (Lipinski definition) is 4. The second-order valence-corrected chi connectivity index (χ2v) is 5.98. The van der Waals surface area contributed by atoms with Gasteiger partial charge < -0.3 is 25.6 Å². The number of carboxylic acids is 2. The molecule has 0 amide bonds. The van der Waals surface area contributed by atoms with E-state index in [1.54, 1.807) is 6.20 Å². The van der Waals surface area contributed by atoms with Gasteiger partial charge in [-0.3, -0.25) is 0 Å². The van der Waals surface area contributed by atoms with Gasteiger partial charge in [-0.25, -0.2) is 19.6 Å². The first-order chi connectivity index (χ1) is 15.3. The molecule has 2 heterocycles. The summed E-state index contributed by atoms with van der Waals surface area (Å²) in [6, 6.07) is 11.9. The molecular weight excluding hydrogens is 466 g/mol. The van der Waals surface area contributed by atoms with Crippen molar-refractivity contribution in [1.29, 1.82) is 0 Å². The molecule has 0 aliphatic carbocycles. The van der Waals surface area contributed by atoms with E-state index >= 15 is 0 Å². The lowest BCUT2D eigenvalue weighted by atomic mass is 10.2. The normalized spacial score (nSPS) is 15.8. The predicted octanol–water partition coefficient (Wildman–Crippen LogP) is 3.15. The van der Waals surface area contributed by atoms with Crippen molar-refractivity contribution in [3.05, 3.63) is 48.4 Å². The monoisotopic (exact) mass is 484 g/mol. The van der Waals surface area contributed by atoms with Gasteiger partial charge in [0.25, 0.3) is 0 Å². The molecule has 182 valence electrons. The first kappa shape index (κ1) is 27.6. The van der Waals surface area contributed by atoms with Crippen molar-refractivity contribution in [3.63, 3.8) is 0 Å². The number of aromatic nitrogens is 2. The van der Waals surface area contributed by atoms with Crippen molar-refractivity contribution < 1.29 is 50.9 Å². The second-order valence-electron chi connectivity index (χ2n) is 5.98. The van der Waals surface area contributed by atoms with E-state index in [0.29, 0.717) is 6.61 Å². The highest BCUT2D eigenvalue weighted by Gasteiger charge is 2.38. The quantitative estimate of drug-likeness (QED) is 0.485. The fourth-order valence-electron chi connectivity index (χ4n) is 2.01. The van der Waals surface area contributed by atoms with E-state index < -0.39 is 24.3 Å². The zero-order chi connectivity index (χ0) is 25.1. The second kappa shape index (κ2) is 12.5. The number of carboxylic acid groups (broad SMARTS) is 2. The number of anilines is 2. The summed E-state index contributed by atoms with van der Waals surface area (Å²) in [6.45, 7) is 2.21. The highest BCUT2D eigenvalue weighted by Crippen LogP contribution is 2.17. The van der Waals surface area contributed by atoms with Crippen LogP contribution in [-0.2, 0) is 14.3 Å². The van der Waals surface area contributed by atoms with Gasteiger partial charge in [0.1, 0.15) is 11.6 Å². The van der Waals surface area contributed by atoms with E-state index in [2.05, 4.69) is 20.6 Å². The van der Waals surface area contributed by atoms with Crippen LogP contribution in [0.4, 0.5) is 37.8 Å². The lowest BCUT2D eigenvalue weighted by Gasteiger charge is -2.22. The Kier molecular flexibility index (Phi) is 10.5. The highest BCUT2D eigenvalue weighted by molar-refractivity contribution is 5.73. The van der Waals surface area contributed by atoms with Crippen LogP contribution in [0, 0.1) is 0 Å². The number of alkyl halides is 6. The summed E-state index contributed by atoms with van der Waals surface area (Å²) >= 11 is 0. The minimum Gasteiger partial charge on any atom is -0.475 e. The van der Waals surface area contributed by atoms with E-state index in [1.807, 2.05) is 36.4 Å². The van der Waals surface area contributed by atoms with Gasteiger partial charge in [0.2, 0.25) is 0 Å². The molecule has 1 atom stereocenters. The van der Waals surface area contributed by atoms with Crippen molar-refractivity contribution >= 4 is 23.4 Å². The molecule has 0 radical (unpaired) electrons. The maximum atomic E-state index is 10.6. The molecule has 0 saturated carbocycles. The summed E-state index contributed by atoms with van der Waals surface area (Å²) in [5.41, 5.74) is 1.01. The van der Waals surface area contributed by atoms with Crippen molar-refractivity contribution in [2.45, 2.75) is 18.4 Å². The van der Waals surface area contributed by atoms with Crippen molar-refractivity contribution in [1.82, 2.24) is 15.3 Å². The van der Waals surface area contributed by atoms with Crippen LogP contribution < -0.4 is 10.6 Å². The molecule has 15 heteroatoms. The zero-order valence-electron chi connectivity index (χ0n) is 16.5. The van der Waals surface area contributed by atoms with Crippen LogP contribution in [0.2, 0.25) is 0 Å². The number of rotatable bonds is 3. The van der Waals surface area contributed by atoms with Crippen LogP contribution in [0.15, 0.2) is 42.6 Å². The van der Waals surface area contributed by atoms with Gasteiger partial charge in [0.05, 0.1) is 19.3 Å². The number of ether oxygens (including phenoxy) is 1. The largest absolute Gasteiger partial charge is 0.490 e. The van der Waals surface area contributed by atoms with Crippen LogP contribution in [0.1, 0.15) is 11.9 Å². The van der Waals surface area contributed by atoms with Crippen LogP contribution in [0.3, 0.4) is 0 Å². The Morgan fingerprint density at radius 1 is 1.00 bits per heavy atom. The van der Waals surface area contributed by atoms with Crippen molar-refractivity contribution in [2.24, 2.45) is 0 Å². The number of hydrogen-bond acceptors (Lipinski definition) is 7. The van der Waals surface area contributed by atoms with Crippen LogP contribution in [0.5, 0.6) is 0 Å². The number of nitrogens with zero attached hydrogens (tertiary/aromatic N) is 2. The Balaban J connectivity index is 0.000000324. The van der Waals surface area contributed by atoms with Crippen molar-refractivity contribution in [2.75, 3.05) is 25.1 Å². The molecule has 1 aliphatic heterocycles. The summed E-state index contributed by atoms with van der Waals surface area (Å²) in [5.74, 6) is -3.95. The third kappa shape index (κ3) is 11.1. The van der Waals surface area contributed by atoms with Gasteiger partial charge in [-0.1, -0.05) is 18.2 Å². The summed E-state index contributed by atoms with van der Waals surface area (Å²) in [6.07, 6.45) is -8.40. The summed E-state index contributed by atoms with van der Waals surface area (Å²) < 4.78 is 68.9. The first-order valence-corrected chi connectivity index (χ1v) is 8.87. The molecule has 4 N–H and O–H groups in total. The summed E-state index contributed by atoms with van der Waals surface area (Å²) in [7, 11) is 0. The highest BCUT2D eigenvalue weighted by atomic mass is 19.4. The third-order valence-electron chi connectivity index (χ3n) is 3.44. The SMILES string of the molecule is O=C(O)C(F)(F)F.O=C(O)C(F)(F)F.c1ccc(Nc2ccnc(C3COCCN3)n2)cc1. The number of para-hydroxylation sites is 1. The van der Waals surface area contributed by atoms with E-state index in [4.69, 9.17) is 24.5 Å². The topological polar surface area (TPSA) is 134 Å². The van der Waals surface area contributed by atoms with Crippen LogP contribution in [-0.4, -0.2) is 64.2 Å². The molecule has 1 unspecified atom stereocenters. The van der Waals surface area contributed by atoms with Gasteiger partial charge in [0.15, 0.2) is 0 Å². The first-order valence-electron chi connectivity index (χ1n) is 8.87. The molecule has 1 saturated heterocycles.